The second-order valence-electron chi connectivity index (χ2n) is 14.4. The van der Waals surface area contributed by atoms with Crippen LogP contribution in [-0.2, 0) is 37.2 Å². The van der Waals surface area contributed by atoms with Crippen LogP contribution >= 0.6 is 0 Å². The molecule has 0 aliphatic carbocycles. The number of hydrogen-bond donors (Lipinski definition) is 0. The maximum atomic E-state index is 5.76. The van der Waals surface area contributed by atoms with E-state index < -0.39 is 0 Å². The van der Waals surface area contributed by atoms with Gasteiger partial charge in [0.2, 0.25) is 0 Å². The zero-order valence-corrected chi connectivity index (χ0v) is 32.0. The molecule has 6 aromatic rings. The third kappa shape index (κ3) is 7.86. The molecule has 0 N–H and O–H groups in total. The maximum Gasteiger partial charge on any atom is 0.494 e. The molecule has 0 saturated carbocycles. The molecule has 4 saturated heterocycles. The molecule has 58 heavy (non-hydrogen) atoms. The summed E-state index contributed by atoms with van der Waals surface area (Å²) in [6.45, 7) is 4.84. The quantitative estimate of drug-likeness (QED) is 0.163. The van der Waals surface area contributed by atoms with Gasteiger partial charge in [-0.05, 0) is 106 Å². The highest BCUT2D eigenvalue weighted by Crippen LogP contribution is 2.37. The number of hydrogen-bond acceptors (Lipinski definition) is 10. The monoisotopic (exact) mass is 768 g/mol. The Morgan fingerprint density at radius 2 is 0.414 bits per heavy atom. The molecule has 0 unspecified atom stereocenters. The van der Waals surface area contributed by atoms with Gasteiger partial charge in [-0.15, -0.1) is 0 Å². The fourth-order valence-electron chi connectivity index (χ4n) is 7.83. The van der Waals surface area contributed by atoms with Gasteiger partial charge in [-0.25, -0.2) is 0 Å². The summed E-state index contributed by atoms with van der Waals surface area (Å²) in [6, 6.07) is 50.9. The van der Waals surface area contributed by atoms with Crippen LogP contribution in [0.5, 0.6) is 0 Å². The van der Waals surface area contributed by atoms with Crippen LogP contribution in [0.3, 0.4) is 0 Å². The number of rotatable bonds is 11. The highest BCUT2D eigenvalue weighted by atomic mass is 16.6. The van der Waals surface area contributed by atoms with Crippen molar-refractivity contribution in [3.8, 4) is 11.1 Å². The molecule has 0 bridgehead atoms. The molecule has 0 aromatic heterocycles. The van der Waals surface area contributed by atoms with Gasteiger partial charge in [-0.3, -0.25) is 0 Å². The first-order valence-corrected chi connectivity index (χ1v) is 19.9. The zero-order valence-electron chi connectivity index (χ0n) is 32.0. The zero-order chi connectivity index (χ0) is 38.7. The number of anilines is 6. The Kier molecular flexibility index (Phi) is 10.9. The van der Waals surface area contributed by atoms with E-state index in [9.17, 15) is 0 Å². The van der Waals surface area contributed by atoms with E-state index >= 15 is 0 Å². The summed E-state index contributed by atoms with van der Waals surface area (Å²) in [5.41, 5.74) is 12.4. The Bertz CT molecular complexity index is 1980. The minimum atomic E-state index is -0.328. The van der Waals surface area contributed by atoms with Gasteiger partial charge in [0.05, 0.1) is 52.9 Å². The summed E-state index contributed by atoms with van der Waals surface area (Å²) in [6.07, 6.45) is 0. The van der Waals surface area contributed by atoms with Crippen molar-refractivity contribution in [3.05, 3.63) is 146 Å². The second-order valence-corrected chi connectivity index (χ2v) is 14.4. The summed E-state index contributed by atoms with van der Waals surface area (Å²) in [5.74, 6) is 0. The summed E-state index contributed by atoms with van der Waals surface area (Å²) in [7, 11) is -1.31. The van der Waals surface area contributed by atoms with Crippen LogP contribution in [0, 0.1) is 0 Å². The minimum absolute atomic E-state index is 0.328. The lowest BCUT2D eigenvalue weighted by Crippen LogP contribution is -2.32. The van der Waals surface area contributed by atoms with Crippen LogP contribution < -0.4 is 31.7 Å². The van der Waals surface area contributed by atoms with Gasteiger partial charge in [0.1, 0.15) is 0 Å². The normalized spacial score (nSPS) is 16.8. The van der Waals surface area contributed by atoms with Gasteiger partial charge in [-0.2, -0.15) is 0 Å². The summed E-state index contributed by atoms with van der Waals surface area (Å²) < 4.78 is 46.0. The van der Waals surface area contributed by atoms with Crippen molar-refractivity contribution in [2.45, 2.75) is 0 Å². The smallest absolute Gasteiger partial charge is 0.405 e. The predicted octanol–water partition coefficient (Wildman–Crippen LogP) is 5.26. The Balaban J connectivity index is 0.932. The average Bonchev–Trinajstić information content (AvgIpc) is 4.15. The molecule has 4 heterocycles. The lowest BCUT2D eigenvalue weighted by atomic mass is 9.79. The van der Waals surface area contributed by atoms with E-state index in [0.29, 0.717) is 52.9 Å². The third-order valence-electron chi connectivity index (χ3n) is 10.8. The maximum absolute atomic E-state index is 5.76. The first-order valence-electron chi connectivity index (χ1n) is 19.9. The van der Waals surface area contributed by atoms with Crippen molar-refractivity contribution in [2.75, 3.05) is 62.7 Å². The Morgan fingerprint density at radius 3 is 0.603 bits per heavy atom. The van der Waals surface area contributed by atoms with Crippen molar-refractivity contribution in [3.63, 3.8) is 0 Å². The van der Waals surface area contributed by atoms with Crippen molar-refractivity contribution >= 4 is 84.4 Å². The molecule has 10 nitrogen and oxygen atoms in total. The molecular formula is C44H40B4N2O8. The molecule has 0 radical (unpaired) electrons. The Morgan fingerprint density at radius 1 is 0.241 bits per heavy atom. The van der Waals surface area contributed by atoms with Gasteiger partial charge < -0.3 is 47.0 Å². The molecular weight excluding hydrogens is 728 g/mol. The van der Waals surface area contributed by atoms with E-state index in [-0.39, 0.29) is 28.5 Å². The first-order chi connectivity index (χ1) is 28.7. The lowest BCUT2D eigenvalue weighted by molar-refractivity contribution is 0.365. The molecule has 4 fully saturated rings. The molecule has 4 aliphatic rings. The second kappa shape index (κ2) is 17.0. The summed E-state index contributed by atoms with van der Waals surface area (Å²) in [4.78, 5) is 4.50. The molecule has 6 aromatic carbocycles. The number of nitrogens with zero attached hydrogens (tertiary/aromatic N) is 2. The molecule has 14 heteroatoms. The van der Waals surface area contributed by atoms with E-state index in [1.54, 1.807) is 0 Å². The largest absolute Gasteiger partial charge is 0.494 e. The standard InChI is InChI=1S/C44H40B4N2O8/c1-13-39(49(41-17-5-35(6-18-41)45-51-25-26-52-45)42-19-7-36(8-20-42)46-53-27-28-54-46)14-2-33(1)34-3-15-40(16-4-34)50(43-21-9-37(10-22-43)47-55-29-30-56-47)44-23-11-38(12-24-44)48-57-31-32-58-48/h1-24H,25-32H2. The lowest BCUT2D eigenvalue weighted by Gasteiger charge is -2.27. The predicted molar refractivity (Wildman–Crippen MR) is 230 cm³/mol. The van der Waals surface area contributed by atoms with E-state index in [4.69, 9.17) is 37.2 Å². The first kappa shape index (κ1) is 37.2. The third-order valence-corrected chi connectivity index (χ3v) is 10.8. The Hall–Kier alpha value is -5.14. The van der Waals surface area contributed by atoms with Crippen LogP contribution in [-0.4, -0.2) is 81.3 Å². The van der Waals surface area contributed by atoms with E-state index in [0.717, 1.165) is 67.1 Å². The van der Waals surface area contributed by atoms with Gasteiger partial charge in [0.15, 0.2) is 0 Å². The molecule has 0 spiro atoms. The van der Waals surface area contributed by atoms with Crippen molar-refractivity contribution in [1.82, 2.24) is 0 Å². The molecule has 10 rings (SSSR count). The highest BCUT2D eigenvalue weighted by molar-refractivity contribution is 6.63. The number of benzene rings is 6. The molecule has 4 aliphatic heterocycles. The topological polar surface area (TPSA) is 80.3 Å². The SMILES string of the molecule is c1cc(N(c2ccc(B3OCCO3)cc2)c2ccc(-c3ccc(N(c4ccc(B5OCCO5)cc4)c4ccc(B5OCCO5)cc4)cc3)cc2)ccc1B1OCCO1. The molecule has 286 valence electrons. The van der Waals surface area contributed by atoms with Gasteiger partial charge in [0.25, 0.3) is 0 Å². The Labute approximate surface area is 340 Å². The van der Waals surface area contributed by atoms with Crippen LogP contribution in [0.25, 0.3) is 11.1 Å². The van der Waals surface area contributed by atoms with Crippen molar-refractivity contribution < 1.29 is 37.2 Å². The molecule has 0 atom stereocenters. The fraction of sp³-hybridized carbons (Fsp3) is 0.182. The van der Waals surface area contributed by atoms with E-state index in [1.807, 2.05) is 0 Å². The van der Waals surface area contributed by atoms with Gasteiger partial charge >= 0.3 is 28.5 Å². The van der Waals surface area contributed by atoms with Crippen LogP contribution in [0.2, 0.25) is 0 Å². The summed E-state index contributed by atoms with van der Waals surface area (Å²) in [5, 5.41) is 0. The highest BCUT2D eigenvalue weighted by Gasteiger charge is 2.30. The average molecular weight is 768 g/mol. The van der Waals surface area contributed by atoms with Crippen molar-refractivity contribution in [2.24, 2.45) is 0 Å². The van der Waals surface area contributed by atoms with Crippen LogP contribution in [0.4, 0.5) is 34.1 Å². The van der Waals surface area contributed by atoms with Crippen molar-refractivity contribution in [1.29, 1.82) is 0 Å². The fourth-order valence-corrected chi connectivity index (χ4v) is 7.83. The van der Waals surface area contributed by atoms with Gasteiger partial charge in [-0.1, -0.05) is 72.8 Å². The van der Waals surface area contributed by atoms with Crippen LogP contribution in [0.15, 0.2) is 146 Å². The minimum Gasteiger partial charge on any atom is -0.405 e. The van der Waals surface area contributed by atoms with E-state index in [2.05, 4.69) is 155 Å². The van der Waals surface area contributed by atoms with E-state index in [1.165, 1.54) is 0 Å². The van der Waals surface area contributed by atoms with Gasteiger partial charge in [0, 0.05) is 34.1 Å². The molecule has 0 amide bonds. The van der Waals surface area contributed by atoms with Crippen LogP contribution in [0.1, 0.15) is 0 Å². The summed E-state index contributed by atoms with van der Waals surface area (Å²) >= 11 is 0.